The second-order valence-electron chi connectivity index (χ2n) is 6.16. The highest BCUT2D eigenvalue weighted by Crippen LogP contribution is 2.32. The third kappa shape index (κ3) is 4.39. The zero-order valence-electron chi connectivity index (χ0n) is 14.1. The second-order valence-corrected chi connectivity index (χ2v) is 6.16. The van der Waals surface area contributed by atoms with Gasteiger partial charge in [0, 0.05) is 12.1 Å². The van der Waals surface area contributed by atoms with Gasteiger partial charge in [-0.25, -0.2) is 0 Å². The number of halogens is 3. The highest BCUT2D eigenvalue weighted by Gasteiger charge is 2.32. The maximum absolute atomic E-state index is 12.9. The van der Waals surface area contributed by atoms with E-state index in [4.69, 9.17) is 5.73 Å². The Morgan fingerprint density at radius 1 is 1.22 bits per heavy atom. The Bertz CT molecular complexity index is 833. The standard InChI is InChI=1S/C17H17F3N4O3/c18-17(19,20)27-11-6-4-10(5-7-11)16(26)24-8-2-1-3-14(24)12-9-13(15(21)25)23-22-12/h4-7,9,14H,1-3,8H2,(H2,21,25)(H,22,23). The number of carbonyl (C=O) groups is 2. The summed E-state index contributed by atoms with van der Waals surface area (Å²) in [6, 6.07) is 5.97. The summed E-state index contributed by atoms with van der Waals surface area (Å²) >= 11 is 0. The predicted octanol–water partition coefficient (Wildman–Crippen LogP) is 2.77. The van der Waals surface area contributed by atoms with E-state index in [2.05, 4.69) is 14.9 Å². The topological polar surface area (TPSA) is 101 Å². The van der Waals surface area contributed by atoms with E-state index >= 15 is 0 Å². The first-order valence-corrected chi connectivity index (χ1v) is 8.26. The summed E-state index contributed by atoms with van der Waals surface area (Å²) in [6.45, 7) is 0.481. The number of likely N-dealkylation sites (tertiary alicyclic amines) is 1. The van der Waals surface area contributed by atoms with Crippen molar-refractivity contribution in [3.05, 3.63) is 47.3 Å². The van der Waals surface area contributed by atoms with Gasteiger partial charge in [0.2, 0.25) is 0 Å². The molecule has 0 spiro atoms. The van der Waals surface area contributed by atoms with E-state index in [0.29, 0.717) is 18.7 Å². The van der Waals surface area contributed by atoms with Gasteiger partial charge < -0.3 is 15.4 Å². The molecular weight excluding hydrogens is 365 g/mol. The molecule has 1 aliphatic rings. The lowest BCUT2D eigenvalue weighted by atomic mass is 9.98. The van der Waals surface area contributed by atoms with E-state index in [0.717, 1.165) is 25.0 Å². The number of aromatic nitrogens is 2. The fourth-order valence-corrected chi connectivity index (χ4v) is 3.10. The molecule has 7 nitrogen and oxygen atoms in total. The summed E-state index contributed by atoms with van der Waals surface area (Å²) in [6.07, 6.45) is -2.43. The average Bonchev–Trinajstić information content (AvgIpc) is 3.11. The van der Waals surface area contributed by atoms with Crippen molar-refractivity contribution in [3.8, 4) is 5.75 Å². The molecule has 2 heterocycles. The molecule has 1 aromatic carbocycles. The number of benzene rings is 1. The molecule has 0 bridgehead atoms. The maximum atomic E-state index is 12.9. The van der Waals surface area contributed by atoms with Crippen LogP contribution < -0.4 is 10.5 Å². The van der Waals surface area contributed by atoms with Crippen LogP contribution in [0.1, 0.15) is 51.8 Å². The van der Waals surface area contributed by atoms with Gasteiger partial charge in [0.15, 0.2) is 0 Å². The predicted molar refractivity (Wildman–Crippen MR) is 87.9 cm³/mol. The van der Waals surface area contributed by atoms with Crippen LogP contribution in [0.4, 0.5) is 13.2 Å². The number of carbonyl (C=O) groups excluding carboxylic acids is 2. The first-order valence-electron chi connectivity index (χ1n) is 8.26. The van der Waals surface area contributed by atoms with Gasteiger partial charge in [-0.3, -0.25) is 14.7 Å². The lowest BCUT2D eigenvalue weighted by molar-refractivity contribution is -0.274. The Hall–Kier alpha value is -3.04. The number of primary amides is 1. The minimum atomic E-state index is -4.79. The molecule has 1 aliphatic heterocycles. The van der Waals surface area contributed by atoms with E-state index in [1.807, 2.05) is 0 Å². The molecule has 1 aromatic heterocycles. The van der Waals surface area contributed by atoms with Crippen LogP contribution in [-0.2, 0) is 0 Å². The quantitative estimate of drug-likeness (QED) is 0.849. The van der Waals surface area contributed by atoms with Crippen LogP contribution in [0.3, 0.4) is 0 Å². The molecular formula is C17H17F3N4O3. The summed E-state index contributed by atoms with van der Waals surface area (Å²) in [5.41, 5.74) is 6.12. The average molecular weight is 382 g/mol. The Morgan fingerprint density at radius 2 is 1.93 bits per heavy atom. The number of nitrogens with one attached hydrogen (secondary N) is 1. The van der Waals surface area contributed by atoms with Crippen LogP contribution in [0.25, 0.3) is 0 Å². The Balaban J connectivity index is 1.79. The molecule has 0 radical (unpaired) electrons. The van der Waals surface area contributed by atoms with E-state index in [9.17, 15) is 22.8 Å². The van der Waals surface area contributed by atoms with Crippen molar-refractivity contribution in [2.45, 2.75) is 31.7 Å². The monoisotopic (exact) mass is 382 g/mol. The van der Waals surface area contributed by atoms with E-state index in [1.54, 1.807) is 4.90 Å². The molecule has 2 amide bonds. The number of nitrogens with zero attached hydrogens (tertiary/aromatic N) is 2. The van der Waals surface area contributed by atoms with Gasteiger partial charge in [0.05, 0.1) is 11.7 Å². The van der Waals surface area contributed by atoms with E-state index in [1.165, 1.54) is 18.2 Å². The molecule has 1 unspecified atom stereocenters. The third-order valence-electron chi connectivity index (χ3n) is 4.31. The largest absolute Gasteiger partial charge is 0.573 e. The van der Waals surface area contributed by atoms with E-state index < -0.39 is 18.0 Å². The van der Waals surface area contributed by atoms with Crippen molar-refractivity contribution >= 4 is 11.8 Å². The van der Waals surface area contributed by atoms with Crippen molar-refractivity contribution in [1.82, 2.24) is 15.1 Å². The van der Waals surface area contributed by atoms with Gasteiger partial charge in [0.1, 0.15) is 11.4 Å². The lowest BCUT2D eigenvalue weighted by Crippen LogP contribution is -2.38. The minimum Gasteiger partial charge on any atom is -0.406 e. The lowest BCUT2D eigenvalue weighted by Gasteiger charge is -2.35. The number of hydrogen-bond acceptors (Lipinski definition) is 4. The Morgan fingerprint density at radius 3 is 2.52 bits per heavy atom. The maximum Gasteiger partial charge on any atom is 0.573 e. The van der Waals surface area contributed by atoms with Gasteiger partial charge in [0.25, 0.3) is 11.8 Å². The number of aromatic amines is 1. The van der Waals surface area contributed by atoms with Crippen LogP contribution in [-0.4, -0.2) is 39.8 Å². The molecule has 1 atom stereocenters. The zero-order valence-corrected chi connectivity index (χ0v) is 14.1. The van der Waals surface area contributed by atoms with Crippen LogP contribution in [0.15, 0.2) is 30.3 Å². The molecule has 3 rings (SSSR count). The van der Waals surface area contributed by atoms with Gasteiger partial charge in [-0.05, 0) is 49.6 Å². The number of amides is 2. The smallest absolute Gasteiger partial charge is 0.406 e. The van der Waals surface area contributed by atoms with Crippen LogP contribution in [0.2, 0.25) is 0 Å². The Kier molecular flexibility index (Phi) is 5.06. The number of piperidine rings is 1. The van der Waals surface area contributed by atoms with Crippen molar-refractivity contribution in [3.63, 3.8) is 0 Å². The van der Waals surface area contributed by atoms with Gasteiger partial charge in [-0.1, -0.05) is 0 Å². The first-order chi connectivity index (χ1) is 12.7. The highest BCUT2D eigenvalue weighted by molar-refractivity contribution is 5.95. The minimum absolute atomic E-state index is 0.0802. The third-order valence-corrected chi connectivity index (χ3v) is 4.31. The number of rotatable bonds is 4. The molecule has 3 N–H and O–H groups in total. The van der Waals surface area contributed by atoms with Gasteiger partial charge in [-0.15, -0.1) is 13.2 Å². The Labute approximate surface area is 152 Å². The molecule has 1 saturated heterocycles. The summed E-state index contributed by atoms with van der Waals surface area (Å²) in [5.74, 6) is -1.39. The molecule has 10 heteroatoms. The van der Waals surface area contributed by atoms with Crippen LogP contribution in [0.5, 0.6) is 5.75 Å². The van der Waals surface area contributed by atoms with Gasteiger partial charge >= 0.3 is 6.36 Å². The number of alkyl halides is 3. The van der Waals surface area contributed by atoms with Crippen molar-refractivity contribution in [2.75, 3.05) is 6.54 Å². The summed E-state index contributed by atoms with van der Waals surface area (Å²) in [7, 11) is 0. The van der Waals surface area contributed by atoms with Crippen molar-refractivity contribution in [2.24, 2.45) is 5.73 Å². The second kappa shape index (κ2) is 7.29. The number of nitrogens with two attached hydrogens (primary N) is 1. The van der Waals surface area contributed by atoms with Gasteiger partial charge in [-0.2, -0.15) is 5.10 Å². The number of H-pyrrole nitrogens is 1. The van der Waals surface area contributed by atoms with Crippen molar-refractivity contribution < 1.29 is 27.5 Å². The highest BCUT2D eigenvalue weighted by atomic mass is 19.4. The van der Waals surface area contributed by atoms with Crippen LogP contribution in [0, 0.1) is 0 Å². The van der Waals surface area contributed by atoms with Crippen LogP contribution >= 0.6 is 0 Å². The molecule has 144 valence electrons. The summed E-state index contributed by atoms with van der Waals surface area (Å²) in [4.78, 5) is 25.7. The summed E-state index contributed by atoms with van der Waals surface area (Å²) in [5, 5.41) is 6.58. The fourth-order valence-electron chi connectivity index (χ4n) is 3.10. The molecule has 0 aliphatic carbocycles. The molecule has 2 aromatic rings. The normalized spacial score (nSPS) is 17.6. The number of ether oxygens (including phenoxy) is 1. The van der Waals surface area contributed by atoms with Crippen molar-refractivity contribution in [1.29, 1.82) is 0 Å². The molecule has 1 fully saturated rings. The summed E-state index contributed by atoms with van der Waals surface area (Å²) < 4.78 is 40.6. The first kappa shape index (κ1) is 18.7. The number of hydrogen-bond donors (Lipinski definition) is 2. The zero-order chi connectivity index (χ0) is 19.6. The molecule has 27 heavy (non-hydrogen) atoms. The van der Waals surface area contributed by atoms with E-state index in [-0.39, 0.29) is 23.2 Å². The fraction of sp³-hybridized carbons (Fsp3) is 0.353. The molecule has 0 saturated carbocycles. The SMILES string of the molecule is NC(=O)c1cc(C2CCCCN2C(=O)c2ccc(OC(F)(F)F)cc2)[nH]n1.